The molecule has 0 radical (unpaired) electrons. The lowest BCUT2D eigenvalue weighted by molar-refractivity contribution is 0.281. The Labute approximate surface area is 147 Å². The Morgan fingerprint density at radius 2 is 1.88 bits per heavy atom. The van der Waals surface area contributed by atoms with Crippen LogP contribution in [0.1, 0.15) is 75.1 Å². The molecule has 1 aromatic heterocycles. The van der Waals surface area contributed by atoms with Gasteiger partial charge in [0.15, 0.2) is 0 Å². The van der Waals surface area contributed by atoms with Crippen LogP contribution in [0.3, 0.4) is 0 Å². The van der Waals surface area contributed by atoms with Gasteiger partial charge in [-0.3, -0.25) is 0 Å². The third kappa shape index (κ3) is 2.85. The maximum absolute atomic E-state index is 14.1. The fourth-order valence-corrected chi connectivity index (χ4v) is 3.84. The molecule has 128 valence electrons. The predicted octanol–water partition coefficient (Wildman–Crippen LogP) is 5.20. The van der Waals surface area contributed by atoms with Crippen molar-refractivity contribution in [3.05, 3.63) is 46.5 Å². The van der Waals surface area contributed by atoms with Gasteiger partial charge in [-0.05, 0) is 63.6 Å². The molecule has 0 bridgehead atoms. The standard InChI is InChI=1S/C19H23ClFN3/c1-12(21)11-19(2,14-5-7-15(20)8-6-14)18-23-22-17(13-3-4-13)24(18)16-9-10-16/h5-8,12-13,16H,3-4,9-11H2,1-2H3/t12?,19-/m1/s1. The van der Waals surface area contributed by atoms with Crippen LogP contribution in [-0.4, -0.2) is 20.9 Å². The fourth-order valence-electron chi connectivity index (χ4n) is 3.71. The molecule has 2 atom stereocenters. The number of alkyl halides is 1. The molecular formula is C19H23ClFN3. The van der Waals surface area contributed by atoms with Crippen LogP contribution in [0.4, 0.5) is 4.39 Å². The summed E-state index contributed by atoms with van der Waals surface area (Å²) in [4.78, 5) is 0. The molecule has 1 aromatic carbocycles. The number of hydrogen-bond donors (Lipinski definition) is 0. The second-order valence-electron chi connectivity index (χ2n) is 7.58. The van der Waals surface area contributed by atoms with Gasteiger partial charge in [0.25, 0.3) is 0 Å². The minimum atomic E-state index is -0.917. The fraction of sp³-hybridized carbons (Fsp3) is 0.579. The van der Waals surface area contributed by atoms with E-state index in [1.165, 1.54) is 25.7 Å². The van der Waals surface area contributed by atoms with Gasteiger partial charge in [0.1, 0.15) is 11.6 Å². The summed E-state index contributed by atoms with van der Waals surface area (Å²) in [6.45, 7) is 3.71. The van der Waals surface area contributed by atoms with Crippen LogP contribution < -0.4 is 0 Å². The van der Waals surface area contributed by atoms with Gasteiger partial charge in [-0.15, -0.1) is 10.2 Å². The first kappa shape index (κ1) is 16.1. The van der Waals surface area contributed by atoms with E-state index in [1.807, 2.05) is 24.3 Å². The van der Waals surface area contributed by atoms with E-state index in [4.69, 9.17) is 11.6 Å². The first-order chi connectivity index (χ1) is 11.5. The number of aromatic nitrogens is 3. The number of nitrogens with zero attached hydrogens (tertiary/aromatic N) is 3. The maximum Gasteiger partial charge on any atom is 0.143 e. The minimum Gasteiger partial charge on any atom is -0.311 e. The molecule has 2 aliphatic rings. The number of benzene rings is 1. The second kappa shape index (κ2) is 5.83. The largest absolute Gasteiger partial charge is 0.311 e. The third-order valence-electron chi connectivity index (χ3n) is 5.24. The first-order valence-electron chi connectivity index (χ1n) is 8.84. The van der Waals surface area contributed by atoms with E-state index in [1.54, 1.807) is 6.92 Å². The number of hydrogen-bond acceptors (Lipinski definition) is 2. The van der Waals surface area contributed by atoms with Crippen molar-refractivity contribution in [1.29, 1.82) is 0 Å². The van der Waals surface area contributed by atoms with Crippen molar-refractivity contribution >= 4 is 11.6 Å². The van der Waals surface area contributed by atoms with Gasteiger partial charge < -0.3 is 4.57 Å². The Morgan fingerprint density at radius 3 is 2.42 bits per heavy atom. The molecule has 3 nitrogen and oxygen atoms in total. The highest BCUT2D eigenvalue weighted by atomic mass is 35.5. The molecule has 0 N–H and O–H groups in total. The van der Waals surface area contributed by atoms with Crippen LogP contribution in [0.25, 0.3) is 0 Å². The summed E-state index contributed by atoms with van der Waals surface area (Å²) < 4.78 is 16.4. The van der Waals surface area contributed by atoms with E-state index in [0.717, 1.165) is 17.2 Å². The molecule has 0 spiro atoms. The molecule has 2 fully saturated rings. The molecule has 0 aliphatic heterocycles. The van der Waals surface area contributed by atoms with Gasteiger partial charge in [-0.25, -0.2) is 4.39 Å². The molecule has 5 heteroatoms. The zero-order valence-electron chi connectivity index (χ0n) is 14.2. The highest BCUT2D eigenvalue weighted by molar-refractivity contribution is 6.30. The summed E-state index contributed by atoms with van der Waals surface area (Å²) in [7, 11) is 0. The summed E-state index contributed by atoms with van der Waals surface area (Å²) in [6, 6.07) is 8.23. The monoisotopic (exact) mass is 347 g/mol. The highest BCUT2D eigenvalue weighted by Crippen LogP contribution is 2.48. The summed E-state index contributed by atoms with van der Waals surface area (Å²) in [5.41, 5.74) is 0.551. The van der Waals surface area contributed by atoms with Crippen LogP contribution in [0.5, 0.6) is 0 Å². The molecule has 2 saturated carbocycles. The van der Waals surface area contributed by atoms with Crippen molar-refractivity contribution in [2.75, 3.05) is 0 Å². The molecule has 0 amide bonds. The number of halogens is 2. The second-order valence-corrected chi connectivity index (χ2v) is 8.02. The van der Waals surface area contributed by atoms with Crippen LogP contribution in [-0.2, 0) is 5.41 Å². The van der Waals surface area contributed by atoms with Gasteiger partial charge in [0.05, 0.1) is 11.6 Å². The Bertz CT molecular complexity index is 732. The van der Waals surface area contributed by atoms with E-state index in [2.05, 4.69) is 21.7 Å². The normalized spacial score (nSPS) is 21.5. The van der Waals surface area contributed by atoms with Crippen molar-refractivity contribution in [1.82, 2.24) is 14.8 Å². The quantitative estimate of drug-likeness (QED) is 0.719. The van der Waals surface area contributed by atoms with E-state index in [0.29, 0.717) is 23.4 Å². The number of rotatable bonds is 6. The SMILES string of the molecule is CC(F)C[C@](C)(c1ccc(Cl)cc1)c1nnc(C2CC2)n1C1CC1. The summed E-state index contributed by atoms with van der Waals surface area (Å²) in [5.74, 6) is 2.57. The van der Waals surface area contributed by atoms with Crippen LogP contribution in [0.2, 0.25) is 5.02 Å². The van der Waals surface area contributed by atoms with Gasteiger partial charge in [-0.1, -0.05) is 23.7 Å². The van der Waals surface area contributed by atoms with Crippen molar-refractivity contribution in [3.63, 3.8) is 0 Å². The van der Waals surface area contributed by atoms with Gasteiger partial charge in [0, 0.05) is 17.0 Å². The third-order valence-corrected chi connectivity index (χ3v) is 5.49. The molecule has 4 rings (SSSR count). The Hall–Kier alpha value is -1.42. The zero-order valence-corrected chi connectivity index (χ0v) is 14.9. The van der Waals surface area contributed by atoms with Crippen LogP contribution in [0.15, 0.2) is 24.3 Å². The van der Waals surface area contributed by atoms with E-state index in [-0.39, 0.29) is 0 Å². The Morgan fingerprint density at radius 1 is 1.21 bits per heavy atom. The van der Waals surface area contributed by atoms with Gasteiger partial charge in [0.2, 0.25) is 0 Å². The predicted molar refractivity (Wildman–Crippen MR) is 93.4 cm³/mol. The molecule has 1 heterocycles. The molecule has 2 aliphatic carbocycles. The molecule has 0 saturated heterocycles. The Kier molecular flexibility index (Phi) is 3.91. The van der Waals surface area contributed by atoms with Gasteiger partial charge >= 0.3 is 0 Å². The van der Waals surface area contributed by atoms with Crippen molar-refractivity contribution in [3.8, 4) is 0 Å². The summed E-state index contributed by atoms with van der Waals surface area (Å²) in [6.07, 6.45) is 4.22. The topological polar surface area (TPSA) is 30.7 Å². The lowest BCUT2D eigenvalue weighted by Crippen LogP contribution is -2.31. The van der Waals surface area contributed by atoms with Crippen LogP contribution in [0, 0.1) is 0 Å². The Balaban J connectivity index is 1.83. The maximum atomic E-state index is 14.1. The van der Waals surface area contributed by atoms with Gasteiger partial charge in [-0.2, -0.15) is 0 Å². The van der Waals surface area contributed by atoms with E-state index in [9.17, 15) is 4.39 Å². The van der Waals surface area contributed by atoms with E-state index >= 15 is 0 Å². The molecule has 24 heavy (non-hydrogen) atoms. The minimum absolute atomic E-state index is 0.393. The molecule has 1 unspecified atom stereocenters. The average molecular weight is 348 g/mol. The molecule has 2 aromatic rings. The summed E-state index contributed by atoms with van der Waals surface area (Å²) in [5, 5.41) is 9.79. The lowest BCUT2D eigenvalue weighted by Gasteiger charge is -2.31. The average Bonchev–Trinajstić information content (AvgIpc) is 3.46. The van der Waals surface area contributed by atoms with Crippen molar-refractivity contribution < 1.29 is 4.39 Å². The smallest absolute Gasteiger partial charge is 0.143 e. The first-order valence-corrected chi connectivity index (χ1v) is 9.22. The summed E-state index contributed by atoms with van der Waals surface area (Å²) >= 11 is 6.05. The van der Waals surface area contributed by atoms with Crippen molar-refractivity contribution in [2.24, 2.45) is 0 Å². The lowest BCUT2D eigenvalue weighted by atomic mass is 9.77. The van der Waals surface area contributed by atoms with Crippen molar-refractivity contribution in [2.45, 2.75) is 69.5 Å². The van der Waals surface area contributed by atoms with E-state index < -0.39 is 11.6 Å². The highest BCUT2D eigenvalue weighted by Gasteiger charge is 2.43. The molecular weight excluding hydrogens is 325 g/mol. The van der Waals surface area contributed by atoms with Crippen LogP contribution >= 0.6 is 11.6 Å². The zero-order chi connectivity index (χ0) is 16.9.